The molecule has 0 rings (SSSR count). The topological polar surface area (TPSA) is 176 Å². The summed E-state index contributed by atoms with van der Waals surface area (Å²) in [6.45, 7) is 3.18. The Morgan fingerprint density at radius 2 is 1.17 bits per heavy atom. The van der Waals surface area contributed by atoms with Gasteiger partial charge in [0.2, 0.25) is 11.8 Å². The highest BCUT2D eigenvalue weighted by Crippen LogP contribution is 2.16. The van der Waals surface area contributed by atoms with Crippen molar-refractivity contribution in [3.63, 3.8) is 0 Å². The largest absolute Gasteiger partial charge is 0.481 e. The van der Waals surface area contributed by atoms with E-state index in [4.69, 9.17) is 10.8 Å². The van der Waals surface area contributed by atoms with E-state index in [9.17, 15) is 29.1 Å². The van der Waals surface area contributed by atoms with Gasteiger partial charge in [-0.15, -0.1) is 0 Å². The lowest BCUT2D eigenvalue weighted by Gasteiger charge is -2.13. The van der Waals surface area contributed by atoms with Crippen molar-refractivity contribution in [3.05, 3.63) is 0 Å². The third kappa shape index (κ3) is 25.0. The van der Waals surface area contributed by atoms with Crippen LogP contribution in [0.25, 0.3) is 0 Å². The lowest BCUT2D eigenvalue weighted by Crippen LogP contribution is -2.41. The highest BCUT2D eigenvalue weighted by molar-refractivity contribution is 5.84. The first-order valence-electron chi connectivity index (χ1n) is 15.9. The molecular weight excluding hydrogens is 526 g/mol. The van der Waals surface area contributed by atoms with Crippen LogP contribution in [0.15, 0.2) is 0 Å². The van der Waals surface area contributed by atoms with Gasteiger partial charge in [0, 0.05) is 38.8 Å². The van der Waals surface area contributed by atoms with E-state index in [0.717, 1.165) is 83.5 Å². The first-order chi connectivity index (χ1) is 19.7. The van der Waals surface area contributed by atoms with Crippen LogP contribution in [0, 0.1) is 5.92 Å². The van der Waals surface area contributed by atoms with Crippen LogP contribution in [-0.2, 0) is 24.0 Å². The standard InChI is InChI=1S/C31H57N3O7/c1-2-3-15-23-34-30(39)27(32)18-14-16-22-33-28(36)21-20-25(31(40)41)24-26(35)17-12-10-8-6-4-5-7-9-11-13-19-29(37)38/h25,27H,2-24,32H2,1H3,(H,33,36)(H,34,39)(H,37,38)(H,40,41)/t25-,27+/m1/s1. The highest BCUT2D eigenvalue weighted by atomic mass is 16.4. The Morgan fingerprint density at radius 3 is 1.73 bits per heavy atom. The van der Waals surface area contributed by atoms with E-state index < -0.39 is 23.9 Å². The number of amides is 2. The van der Waals surface area contributed by atoms with Gasteiger partial charge in [0.1, 0.15) is 5.78 Å². The van der Waals surface area contributed by atoms with Gasteiger partial charge < -0.3 is 26.6 Å². The summed E-state index contributed by atoms with van der Waals surface area (Å²) in [4.78, 5) is 58.5. The van der Waals surface area contributed by atoms with Crippen LogP contribution in [0.4, 0.5) is 0 Å². The summed E-state index contributed by atoms with van der Waals surface area (Å²) in [5, 5.41) is 23.7. The Morgan fingerprint density at radius 1 is 0.634 bits per heavy atom. The predicted molar refractivity (Wildman–Crippen MR) is 160 cm³/mol. The molecule has 10 heteroatoms. The quantitative estimate of drug-likeness (QED) is 0.0754. The Labute approximate surface area is 247 Å². The van der Waals surface area contributed by atoms with Crippen LogP contribution < -0.4 is 16.4 Å². The van der Waals surface area contributed by atoms with Gasteiger partial charge in [0.15, 0.2) is 0 Å². The number of nitrogens with two attached hydrogens (primary N) is 1. The van der Waals surface area contributed by atoms with Crippen molar-refractivity contribution in [2.24, 2.45) is 11.7 Å². The maximum absolute atomic E-state index is 12.3. The number of carboxylic acid groups (broad SMARTS) is 2. The van der Waals surface area contributed by atoms with Crippen molar-refractivity contribution < 1.29 is 34.2 Å². The molecule has 2 atom stereocenters. The van der Waals surface area contributed by atoms with E-state index in [2.05, 4.69) is 17.6 Å². The lowest BCUT2D eigenvalue weighted by molar-refractivity contribution is -0.144. The fraction of sp³-hybridized carbons (Fsp3) is 0.839. The summed E-state index contributed by atoms with van der Waals surface area (Å²) in [6, 6.07) is -0.555. The van der Waals surface area contributed by atoms with Crippen molar-refractivity contribution in [1.82, 2.24) is 10.6 Å². The third-order valence-electron chi connectivity index (χ3n) is 7.32. The molecule has 10 nitrogen and oxygen atoms in total. The minimum atomic E-state index is -1.05. The maximum atomic E-state index is 12.3. The normalized spacial score (nSPS) is 12.4. The van der Waals surface area contributed by atoms with Crippen LogP contribution in [-0.4, -0.2) is 58.9 Å². The third-order valence-corrected chi connectivity index (χ3v) is 7.32. The second-order valence-electron chi connectivity index (χ2n) is 11.2. The molecule has 238 valence electrons. The minimum absolute atomic E-state index is 0.0388. The number of ketones is 1. The Hall–Kier alpha value is -2.49. The summed E-state index contributed by atoms with van der Waals surface area (Å²) in [7, 11) is 0. The number of aliphatic carboxylic acids is 2. The SMILES string of the molecule is CCCCCNC(=O)[C@@H](N)CCCCNC(=O)CC[C@H](CC(=O)CCCCCCCCCCCCC(=O)O)C(=O)O. The van der Waals surface area contributed by atoms with Crippen LogP contribution in [0.5, 0.6) is 0 Å². The number of carboxylic acids is 2. The zero-order chi connectivity index (χ0) is 30.7. The van der Waals surface area contributed by atoms with Gasteiger partial charge in [0.25, 0.3) is 0 Å². The smallest absolute Gasteiger partial charge is 0.306 e. The van der Waals surface area contributed by atoms with Crippen LogP contribution in [0.1, 0.15) is 142 Å². The molecule has 0 bridgehead atoms. The zero-order valence-corrected chi connectivity index (χ0v) is 25.4. The number of hydrogen-bond donors (Lipinski definition) is 5. The Kier molecular flexibility index (Phi) is 24.8. The van der Waals surface area contributed by atoms with Crippen molar-refractivity contribution in [3.8, 4) is 0 Å². The van der Waals surface area contributed by atoms with E-state index in [1.165, 1.54) is 0 Å². The molecule has 0 aromatic rings. The van der Waals surface area contributed by atoms with Gasteiger partial charge in [-0.1, -0.05) is 71.1 Å². The molecule has 6 N–H and O–H groups in total. The first-order valence-corrected chi connectivity index (χ1v) is 15.9. The summed E-state index contributed by atoms with van der Waals surface area (Å²) in [5.74, 6) is -3.07. The molecule has 0 aromatic carbocycles. The van der Waals surface area contributed by atoms with E-state index in [1.54, 1.807) is 0 Å². The fourth-order valence-electron chi connectivity index (χ4n) is 4.66. The van der Waals surface area contributed by atoms with E-state index in [-0.39, 0.29) is 43.3 Å². The van der Waals surface area contributed by atoms with Gasteiger partial charge >= 0.3 is 11.9 Å². The van der Waals surface area contributed by atoms with Gasteiger partial charge in [-0.05, 0) is 44.9 Å². The summed E-state index contributed by atoms with van der Waals surface area (Å²) in [6.07, 6.45) is 15.9. The predicted octanol–water partition coefficient (Wildman–Crippen LogP) is 5.11. The van der Waals surface area contributed by atoms with E-state index in [1.807, 2.05) is 0 Å². The molecule has 2 amide bonds. The van der Waals surface area contributed by atoms with Crippen molar-refractivity contribution in [2.75, 3.05) is 13.1 Å². The summed E-state index contributed by atoms with van der Waals surface area (Å²) >= 11 is 0. The number of carbonyl (C=O) groups is 5. The molecule has 41 heavy (non-hydrogen) atoms. The van der Waals surface area contributed by atoms with Crippen molar-refractivity contribution in [1.29, 1.82) is 0 Å². The molecule has 0 heterocycles. The van der Waals surface area contributed by atoms with E-state index >= 15 is 0 Å². The molecule has 0 saturated carbocycles. The molecule has 0 fully saturated rings. The van der Waals surface area contributed by atoms with Crippen molar-refractivity contribution in [2.45, 2.75) is 148 Å². The second-order valence-corrected chi connectivity index (χ2v) is 11.2. The molecule has 0 unspecified atom stereocenters. The monoisotopic (exact) mass is 583 g/mol. The first kappa shape index (κ1) is 38.5. The minimum Gasteiger partial charge on any atom is -0.481 e. The zero-order valence-electron chi connectivity index (χ0n) is 25.4. The van der Waals surface area contributed by atoms with Gasteiger partial charge in [-0.25, -0.2) is 0 Å². The number of rotatable bonds is 29. The average molecular weight is 584 g/mol. The number of hydrogen-bond acceptors (Lipinski definition) is 6. The number of carbonyl (C=O) groups excluding carboxylic acids is 3. The number of nitrogens with one attached hydrogen (secondary N) is 2. The van der Waals surface area contributed by atoms with Gasteiger partial charge in [-0.2, -0.15) is 0 Å². The molecule has 0 aromatic heterocycles. The average Bonchev–Trinajstić information content (AvgIpc) is 2.93. The summed E-state index contributed by atoms with van der Waals surface area (Å²) in [5.41, 5.74) is 5.91. The molecule has 0 aliphatic heterocycles. The van der Waals surface area contributed by atoms with Crippen LogP contribution in [0.2, 0.25) is 0 Å². The van der Waals surface area contributed by atoms with Gasteiger partial charge in [0.05, 0.1) is 12.0 Å². The molecule has 0 saturated heterocycles. The lowest BCUT2D eigenvalue weighted by atomic mass is 9.94. The summed E-state index contributed by atoms with van der Waals surface area (Å²) < 4.78 is 0. The number of Topliss-reactive ketones (excluding diaryl/α,β-unsaturated/α-hetero) is 1. The molecular formula is C31H57N3O7. The van der Waals surface area contributed by atoms with E-state index in [0.29, 0.717) is 38.8 Å². The maximum Gasteiger partial charge on any atom is 0.306 e. The molecule has 0 radical (unpaired) electrons. The number of unbranched alkanes of at least 4 members (excludes halogenated alkanes) is 12. The molecule has 0 aliphatic carbocycles. The molecule has 0 spiro atoms. The Bertz CT molecular complexity index is 745. The van der Waals surface area contributed by atoms with Crippen LogP contribution in [0.3, 0.4) is 0 Å². The second kappa shape index (κ2) is 26.4. The van der Waals surface area contributed by atoms with Gasteiger partial charge in [-0.3, -0.25) is 24.0 Å². The Balaban J connectivity index is 3.85. The highest BCUT2D eigenvalue weighted by Gasteiger charge is 2.22. The fourth-order valence-corrected chi connectivity index (χ4v) is 4.66. The van der Waals surface area contributed by atoms with Crippen LogP contribution >= 0.6 is 0 Å². The van der Waals surface area contributed by atoms with Crippen molar-refractivity contribution >= 4 is 29.5 Å². The molecule has 0 aliphatic rings.